The second kappa shape index (κ2) is 18.5. The average Bonchev–Trinajstić information content (AvgIpc) is 2.79. The zero-order valence-corrected chi connectivity index (χ0v) is 20.4. The summed E-state index contributed by atoms with van der Waals surface area (Å²) in [6.07, 6.45) is 6.22. The van der Waals surface area contributed by atoms with E-state index < -0.39 is 49.4 Å². The number of esters is 1. The fraction of sp³-hybridized carbons (Fsp3) is 0.958. The summed E-state index contributed by atoms with van der Waals surface area (Å²) in [7, 11) is 0. The average molecular weight is 479 g/mol. The summed E-state index contributed by atoms with van der Waals surface area (Å²) in [4.78, 5) is 11.4. The van der Waals surface area contributed by atoms with Crippen molar-refractivity contribution < 1.29 is 44.2 Å². The number of ether oxygens (including phenoxy) is 4. The maximum Gasteiger partial charge on any atom is 0.303 e. The first kappa shape index (κ1) is 30.2. The van der Waals surface area contributed by atoms with Gasteiger partial charge in [0.25, 0.3) is 0 Å². The van der Waals surface area contributed by atoms with E-state index in [-0.39, 0.29) is 13.2 Å². The van der Waals surface area contributed by atoms with E-state index in [2.05, 4.69) is 6.92 Å². The fourth-order valence-corrected chi connectivity index (χ4v) is 3.84. The maximum atomic E-state index is 11.4. The van der Waals surface area contributed by atoms with Crippen LogP contribution in [-0.2, 0) is 23.7 Å². The highest BCUT2D eigenvalue weighted by atomic mass is 16.7. The molecule has 33 heavy (non-hydrogen) atoms. The molecular formula is C24H46O9. The van der Waals surface area contributed by atoms with Crippen LogP contribution in [0.1, 0.15) is 84.5 Å². The second-order valence-electron chi connectivity index (χ2n) is 8.87. The molecule has 6 atom stereocenters. The SMILES string of the molecule is CCCCCCCCCCCCCOCC(COC1OC(CO)C(O)C(O)C1O)OC(C)=O. The van der Waals surface area contributed by atoms with Crippen molar-refractivity contribution in [2.75, 3.05) is 26.4 Å². The Kier molecular flexibility index (Phi) is 17.0. The molecule has 0 amide bonds. The first-order valence-electron chi connectivity index (χ1n) is 12.6. The van der Waals surface area contributed by atoms with Gasteiger partial charge in [0, 0.05) is 13.5 Å². The largest absolute Gasteiger partial charge is 0.458 e. The van der Waals surface area contributed by atoms with Gasteiger partial charge in [0.05, 0.1) is 19.8 Å². The molecule has 0 aliphatic carbocycles. The van der Waals surface area contributed by atoms with Gasteiger partial charge in [-0.25, -0.2) is 0 Å². The van der Waals surface area contributed by atoms with E-state index in [1.54, 1.807) is 0 Å². The molecule has 0 aromatic heterocycles. The quantitative estimate of drug-likeness (QED) is 0.162. The van der Waals surface area contributed by atoms with Crippen molar-refractivity contribution in [2.24, 2.45) is 0 Å². The van der Waals surface area contributed by atoms with Crippen molar-refractivity contribution >= 4 is 5.97 Å². The Bertz CT molecular complexity index is 489. The summed E-state index contributed by atoms with van der Waals surface area (Å²) in [5.74, 6) is -0.490. The van der Waals surface area contributed by atoms with Crippen LogP contribution < -0.4 is 0 Å². The van der Waals surface area contributed by atoms with Gasteiger partial charge in [0.15, 0.2) is 6.29 Å². The number of hydrogen-bond donors (Lipinski definition) is 4. The molecule has 1 fully saturated rings. The number of unbranched alkanes of at least 4 members (excludes halogenated alkanes) is 10. The predicted octanol–water partition coefficient (Wildman–Crippen LogP) is 2.06. The number of aliphatic hydroxyl groups excluding tert-OH is 4. The molecule has 1 heterocycles. The number of carbonyl (C=O) groups is 1. The lowest BCUT2D eigenvalue weighted by Gasteiger charge is -2.39. The van der Waals surface area contributed by atoms with E-state index in [1.165, 1.54) is 64.7 Å². The van der Waals surface area contributed by atoms with Crippen molar-refractivity contribution in [2.45, 2.75) is 121 Å². The Labute approximate surface area is 198 Å². The van der Waals surface area contributed by atoms with Crippen molar-refractivity contribution in [3.05, 3.63) is 0 Å². The van der Waals surface area contributed by atoms with E-state index in [9.17, 15) is 25.2 Å². The number of aliphatic hydroxyl groups is 4. The van der Waals surface area contributed by atoms with Gasteiger partial charge in [0.1, 0.15) is 30.5 Å². The van der Waals surface area contributed by atoms with Gasteiger partial charge in [-0.05, 0) is 6.42 Å². The molecule has 6 unspecified atom stereocenters. The van der Waals surface area contributed by atoms with Crippen LogP contribution in [0.5, 0.6) is 0 Å². The fourth-order valence-electron chi connectivity index (χ4n) is 3.84. The van der Waals surface area contributed by atoms with Crippen LogP contribution in [0.2, 0.25) is 0 Å². The highest BCUT2D eigenvalue weighted by molar-refractivity contribution is 5.66. The summed E-state index contributed by atoms with van der Waals surface area (Å²) < 4.78 is 21.6. The molecule has 1 aliphatic rings. The lowest BCUT2D eigenvalue weighted by Crippen LogP contribution is -2.59. The maximum absolute atomic E-state index is 11.4. The molecule has 9 heteroatoms. The summed E-state index contributed by atoms with van der Waals surface area (Å²) in [6.45, 7) is 3.54. The normalized spacial score (nSPS) is 26.3. The van der Waals surface area contributed by atoms with Crippen LogP contribution in [0.15, 0.2) is 0 Å². The second-order valence-corrected chi connectivity index (χ2v) is 8.87. The molecule has 0 saturated carbocycles. The minimum absolute atomic E-state index is 0.124. The Balaban J connectivity index is 2.18. The molecule has 196 valence electrons. The first-order valence-corrected chi connectivity index (χ1v) is 12.6. The summed E-state index contributed by atoms with van der Waals surface area (Å²) >= 11 is 0. The lowest BCUT2D eigenvalue weighted by atomic mass is 9.99. The van der Waals surface area contributed by atoms with E-state index in [0.717, 1.165) is 12.8 Å². The van der Waals surface area contributed by atoms with E-state index in [1.807, 2.05) is 0 Å². The molecule has 0 bridgehead atoms. The third-order valence-corrected chi connectivity index (χ3v) is 5.82. The summed E-state index contributed by atoms with van der Waals surface area (Å²) in [6, 6.07) is 0. The van der Waals surface area contributed by atoms with Crippen LogP contribution in [0.25, 0.3) is 0 Å². The van der Waals surface area contributed by atoms with Crippen LogP contribution in [0, 0.1) is 0 Å². The molecule has 0 radical (unpaired) electrons. The van der Waals surface area contributed by atoms with Crippen molar-refractivity contribution in [3.63, 3.8) is 0 Å². The predicted molar refractivity (Wildman–Crippen MR) is 123 cm³/mol. The van der Waals surface area contributed by atoms with E-state index >= 15 is 0 Å². The van der Waals surface area contributed by atoms with Crippen molar-refractivity contribution in [3.8, 4) is 0 Å². The Morgan fingerprint density at radius 1 is 0.848 bits per heavy atom. The standard InChI is InChI=1S/C24H46O9/c1-3-4-5-6-7-8-9-10-11-12-13-14-30-16-19(32-18(2)26)17-31-24-23(29)22(28)21(27)20(15-25)33-24/h19-25,27-29H,3-17H2,1-2H3. The van der Waals surface area contributed by atoms with Gasteiger partial charge in [-0.1, -0.05) is 71.1 Å². The van der Waals surface area contributed by atoms with Crippen LogP contribution in [0.4, 0.5) is 0 Å². The molecule has 1 rings (SSSR count). The molecule has 1 saturated heterocycles. The van der Waals surface area contributed by atoms with Gasteiger partial charge in [-0.2, -0.15) is 0 Å². The number of carbonyl (C=O) groups excluding carboxylic acids is 1. The van der Waals surface area contributed by atoms with Gasteiger partial charge in [-0.3, -0.25) is 4.79 Å². The van der Waals surface area contributed by atoms with Crippen LogP contribution in [0.3, 0.4) is 0 Å². The summed E-state index contributed by atoms with van der Waals surface area (Å²) in [5.41, 5.74) is 0. The van der Waals surface area contributed by atoms with Crippen molar-refractivity contribution in [1.82, 2.24) is 0 Å². The van der Waals surface area contributed by atoms with Gasteiger partial charge in [0.2, 0.25) is 0 Å². The Morgan fingerprint density at radius 2 is 1.42 bits per heavy atom. The number of rotatable bonds is 19. The van der Waals surface area contributed by atoms with Crippen LogP contribution in [-0.4, -0.2) is 89.6 Å². The molecule has 0 aromatic rings. The molecular weight excluding hydrogens is 432 g/mol. The summed E-state index contributed by atoms with van der Waals surface area (Å²) in [5, 5.41) is 38.9. The topological polar surface area (TPSA) is 135 Å². The minimum atomic E-state index is -1.52. The monoisotopic (exact) mass is 478 g/mol. The zero-order chi connectivity index (χ0) is 24.5. The zero-order valence-electron chi connectivity index (χ0n) is 20.4. The third-order valence-electron chi connectivity index (χ3n) is 5.82. The Hall–Kier alpha value is -0.810. The Morgan fingerprint density at radius 3 is 1.97 bits per heavy atom. The van der Waals surface area contributed by atoms with Gasteiger partial charge < -0.3 is 39.4 Å². The molecule has 0 aromatic carbocycles. The smallest absolute Gasteiger partial charge is 0.303 e. The highest BCUT2D eigenvalue weighted by Gasteiger charge is 2.44. The minimum Gasteiger partial charge on any atom is -0.458 e. The third kappa shape index (κ3) is 13.0. The first-order chi connectivity index (χ1) is 15.9. The molecule has 9 nitrogen and oxygen atoms in total. The van der Waals surface area contributed by atoms with E-state index in [0.29, 0.717) is 6.61 Å². The van der Waals surface area contributed by atoms with Crippen LogP contribution >= 0.6 is 0 Å². The molecule has 0 spiro atoms. The van der Waals surface area contributed by atoms with Gasteiger partial charge in [-0.15, -0.1) is 0 Å². The van der Waals surface area contributed by atoms with E-state index in [4.69, 9.17) is 18.9 Å². The highest BCUT2D eigenvalue weighted by Crippen LogP contribution is 2.22. The van der Waals surface area contributed by atoms with Crippen molar-refractivity contribution in [1.29, 1.82) is 0 Å². The lowest BCUT2D eigenvalue weighted by molar-refractivity contribution is -0.305. The van der Waals surface area contributed by atoms with Gasteiger partial charge >= 0.3 is 5.97 Å². The molecule has 4 N–H and O–H groups in total. The molecule has 1 aliphatic heterocycles. The number of hydrogen-bond acceptors (Lipinski definition) is 9.